The lowest BCUT2D eigenvalue weighted by Crippen LogP contribution is -2.33. The van der Waals surface area contributed by atoms with Gasteiger partial charge < -0.3 is 15.1 Å². The molecule has 0 fully saturated rings. The Labute approximate surface area is 188 Å². The number of amides is 2. The molecule has 0 radical (unpaired) electrons. The molecule has 2 amide bonds. The van der Waals surface area contributed by atoms with Crippen LogP contribution in [0.2, 0.25) is 0 Å². The average molecular weight is 457 g/mol. The van der Waals surface area contributed by atoms with Crippen LogP contribution in [0.25, 0.3) is 11.5 Å². The topological polar surface area (TPSA) is 105 Å². The second-order valence-corrected chi connectivity index (χ2v) is 9.78. The van der Waals surface area contributed by atoms with Crippen LogP contribution < -0.4 is 10.6 Å². The zero-order chi connectivity index (χ0) is 23.3. The van der Waals surface area contributed by atoms with E-state index in [1.54, 1.807) is 32.2 Å². The van der Waals surface area contributed by atoms with Gasteiger partial charge in [-0.3, -0.25) is 0 Å². The smallest absolute Gasteiger partial charge is 0.319 e. The van der Waals surface area contributed by atoms with Crippen molar-refractivity contribution in [3.05, 3.63) is 66.1 Å². The van der Waals surface area contributed by atoms with Crippen molar-refractivity contribution in [2.24, 2.45) is 0 Å². The summed E-state index contributed by atoms with van der Waals surface area (Å²) in [4.78, 5) is 16.8. The molecule has 32 heavy (non-hydrogen) atoms. The molecule has 1 heterocycles. The van der Waals surface area contributed by atoms with E-state index in [1.165, 1.54) is 23.5 Å². The molecule has 0 aliphatic heterocycles. The minimum Gasteiger partial charge on any atom is -0.444 e. The molecule has 0 unspecified atom stereocenters. The molecule has 170 valence electrons. The Morgan fingerprint density at radius 1 is 1.09 bits per heavy atom. The highest BCUT2D eigenvalue weighted by atomic mass is 32.2. The molecule has 1 aromatic heterocycles. The average Bonchev–Trinajstić information content (AvgIpc) is 3.23. The van der Waals surface area contributed by atoms with Gasteiger partial charge in [0.1, 0.15) is 6.26 Å². The summed E-state index contributed by atoms with van der Waals surface area (Å²) in [7, 11) is -2.02. The van der Waals surface area contributed by atoms with E-state index in [4.69, 9.17) is 4.42 Å². The minimum absolute atomic E-state index is 0.152. The Bertz CT molecular complexity index is 1150. The lowest BCUT2D eigenvalue weighted by atomic mass is 10.1. The van der Waals surface area contributed by atoms with Crippen LogP contribution in [-0.2, 0) is 16.4 Å². The van der Waals surface area contributed by atoms with E-state index >= 15 is 0 Å². The lowest BCUT2D eigenvalue weighted by Gasteiger charge is -2.21. The maximum Gasteiger partial charge on any atom is 0.319 e. The van der Waals surface area contributed by atoms with E-state index in [1.807, 2.05) is 31.2 Å². The van der Waals surface area contributed by atoms with E-state index in [0.29, 0.717) is 24.5 Å². The van der Waals surface area contributed by atoms with Crippen molar-refractivity contribution in [3.63, 3.8) is 0 Å². The molecule has 0 aliphatic rings. The number of hydrogen-bond acceptors (Lipinski definition) is 5. The van der Waals surface area contributed by atoms with E-state index in [-0.39, 0.29) is 17.0 Å². The molecular weight excluding hydrogens is 428 g/mol. The van der Waals surface area contributed by atoms with E-state index in [0.717, 1.165) is 16.8 Å². The van der Waals surface area contributed by atoms with Gasteiger partial charge in [0.2, 0.25) is 15.9 Å². The highest BCUT2D eigenvalue weighted by Gasteiger charge is 2.22. The number of hydrogen-bond donors (Lipinski definition) is 2. The molecule has 9 heteroatoms. The van der Waals surface area contributed by atoms with Gasteiger partial charge in [0.15, 0.2) is 0 Å². The van der Waals surface area contributed by atoms with Crippen LogP contribution in [0.4, 0.5) is 10.5 Å². The standard InChI is InChI=1S/C23H28N4O4S/c1-16(2)27(4)32(29,30)21-11-9-19(10-12-21)26-23(28)24-14-13-20-15-31-22(25-20)18-7-5-17(3)6-8-18/h5-12,15-16H,13-14H2,1-4H3,(H2,24,26,28). The third kappa shape index (κ3) is 5.74. The molecule has 0 spiro atoms. The molecule has 0 bridgehead atoms. The summed E-state index contributed by atoms with van der Waals surface area (Å²) in [6.07, 6.45) is 2.10. The van der Waals surface area contributed by atoms with Gasteiger partial charge in [-0.15, -0.1) is 0 Å². The van der Waals surface area contributed by atoms with Crippen molar-refractivity contribution in [1.29, 1.82) is 0 Å². The fourth-order valence-electron chi connectivity index (χ4n) is 2.88. The summed E-state index contributed by atoms with van der Waals surface area (Å²) in [5.41, 5.74) is 3.30. The van der Waals surface area contributed by atoms with E-state index in [2.05, 4.69) is 15.6 Å². The predicted octanol–water partition coefficient (Wildman–Crippen LogP) is 4.04. The monoisotopic (exact) mass is 456 g/mol. The SMILES string of the molecule is Cc1ccc(-c2nc(CCNC(=O)Nc3ccc(S(=O)(=O)N(C)C(C)C)cc3)co2)cc1. The zero-order valence-electron chi connectivity index (χ0n) is 18.6. The molecule has 8 nitrogen and oxygen atoms in total. The largest absolute Gasteiger partial charge is 0.444 e. The molecular formula is C23H28N4O4S. The number of carbonyl (C=O) groups is 1. The summed E-state index contributed by atoms with van der Waals surface area (Å²) in [6.45, 7) is 6.00. The van der Waals surface area contributed by atoms with E-state index in [9.17, 15) is 13.2 Å². The summed E-state index contributed by atoms with van der Waals surface area (Å²) in [6, 6.07) is 13.4. The van der Waals surface area contributed by atoms with Gasteiger partial charge in [-0.25, -0.2) is 18.2 Å². The van der Waals surface area contributed by atoms with Gasteiger partial charge in [0, 0.05) is 37.3 Å². The Morgan fingerprint density at radius 3 is 2.38 bits per heavy atom. The maximum atomic E-state index is 12.5. The van der Waals surface area contributed by atoms with Crippen molar-refractivity contribution < 1.29 is 17.6 Å². The molecule has 2 N–H and O–H groups in total. The first kappa shape index (κ1) is 23.5. The second kappa shape index (κ2) is 9.97. The van der Waals surface area contributed by atoms with Crippen LogP contribution in [0.5, 0.6) is 0 Å². The van der Waals surface area contributed by atoms with Crippen molar-refractivity contribution in [1.82, 2.24) is 14.6 Å². The first-order valence-corrected chi connectivity index (χ1v) is 11.7. The number of benzene rings is 2. The van der Waals surface area contributed by atoms with Crippen LogP contribution in [0, 0.1) is 6.92 Å². The molecule has 0 atom stereocenters. The number of nitrogens with zero attached hydrogens (tertiary/aromatic N) is 2. The molecule has 0 aliphatic carbocycles. The number of rotatable bonds is 8. The first-order chi connectivity index (χ1) is 15.2. The molecule has 0 saturated heterocycles. The fraction of sp³-hybridized carbons (Fsp3) is 0.304. The highest BCUT2D eigenvalue weighted by Crippen LogP contribution is 2.20. The quantitative estimate of drug-likeness (QED) is 0.532. The Hall–Kier alpha value is -3.17. The number of oxazole rings is 1. The van der Waals surface area contributed by atoms with Crippen molar-refractivity contribution in [3.8, 4) is 11.5 Å². The van der Waals surface area contributed by atoms with Gasteiger partial charge in [-0.1, -0.05) is 17.7 Å². The minimum atomic E-state index is -3.56. The number of carbonyl (C=O) groups excluding carboxylic acids is 1. The van der Waals surface area contributed by atoms with Crippen LogP contribution in [-0.4, -0.2) is 43.4 Å². The number of aromatic nitrogens is 1. The summed E-state index contributed by atoms with van der Waals surface area (Å²) in [5.74, 6) is 0.544. The van der Waals surface area contributed by atoms with Gasteiger partial charge in [-0.2, -0.15) is 4.31 Å². The third-order valence-electron chi connectivity index (χ3n) is 5.03. The zero-order valence-corrected chi connectivity index (χ0v) is 19.4. The summed E-state index contributed by atoms with van der Waals surface area (Å²) in [5, 5.41) is 5.45. The first-order valence-electron chi connectivity index (χ1n) is 10.3. The predicted molar refractivity (Wildman–Crippen MR) is 124 cm³/mol. The Morgan fingerprint density at radius 2 is 1.75 bits per heavy atom. The summed E-state index contributed by atoms with van der Waals surface area (Å²) < 4.78 is 31.8. The number of sulfonamides is 1. The lowest BCUT2D eigenvalue weighted by molar-refractivity contribution is 0.252. The number of urea groups is 1. The second-order valence-electron chi connectivity index (χ2n) is 7.78. The van der Waals surface area contributed by atoms with Crippen molar-refractivity contribution in [2.45, 2.75) is 38.1 Å². The normalized spacial score (nSPS) is 11.7. The number of anilines is 1. The number of aryl methyl sites for hydroxylation is 1. The molecule has 3 rings (SSSR count). The maximum absolute atomic E-state index is 12.5. The number of nitrogens with one attached hydrogen (secondary N) is 2. The Kier molecular flexibility index (Phi) is 7.32. The summed E-state index contributed by atoms with van der Waals surface area (Å²) >= 11 is 0. The fourth-order valence-corrected chi connectivity index (χ4v) is 4.25. The van der Waals surface area contributed by atoms with Crippen LogP contribution >= 0.6 is 0 Å². The Balaban J connectivity index is 1.50. The third-order valence-corrected chi connectivity index (χ3v) is 7.08. The van der Waals surface area contributed by atoms with Crippen LogP contribution in [0.3, 0.4) is 0 Å². The van der Waals surface area contributed by atoms with Crippen molar-refractivity contribution >= 4 is 21.7 Å². The molecule has 2 aromatic carbocycles. The van der Waals surface area contributed by atoms with Crippen molar-refractivity contribution in [2.75, 3.05) is 18.9 Å². The van der Waals surface area contributed by atoms with Gasteiger partial charge in [0.25, 0.3) is 0 Å². The van der Waals surface area contributed by atoms with Crippen LogP contribution in [0.1, 0.15) is 25.1 Å². The van der Waals surface area contributed by atoms with Gasteiger partial charge in [-0.05, 0) is 57.2 Å². The van der Waals surface area contributed by atoms with Crippen LogP contribution in [0.15, 0.2) is 64.1 Å². The van der Waals surface area contributed by atoms with Gasteiger partial charge in [0.05, 0.1) is 10.6 Å². The molecule has 3 aromatic rings. The highest BCUT2D eigenvalue weighted by molar-refractivity contribution is 7.89. The molecule has 0 saturated carbocycles. The van der Waals surface area contributed by atoms with E-state index < -0.39 is 10.0 Å². The van der Waals surface area contributed by atoms with Gasteiger partial charge >= 0.3 is 6.03 Å².